The van der Waals surface area contributed by atoms with E-state index in [0.29, 0.717) is 11.4 Å². The van der Waals surface area contributed by atoms with E-state index in [1.165, 1.54) is 32.2 Å². The smallest absolute Gasteiger partial charge is 0.338 e. The molecule has 1 atom stereocenters. The van der Waals surface area contributed by atoms with Crippen LogP contribution in [0.3, 0.4) is 0 Å². The Bertz CT molecular complexity index is 707. The summed E-state index contributed by atoms with van der Waals surface area (Å²) < 4.78 is 10.2. The van der Waals surface area contributed by atoms with Gasteiger partial charge >= 0.3 is 5.97 Å². The molecule has 7 nitrogen and oxygen atoms in total. The van der Waals surface area contributed by atoms with Gasteiger partial charge in [0.05, 0.1) is 18.4 Å². The predicted molar refractivity (Wildman–Crippen MR) is 86.2 cm³/mol. The number of hydrogen-bond donors (Lipinski definition) is 2. The number of carbonyl (C=O) groups excluding carboxylic acids is 3. The summed E-state index contributed by atoms with van der Waals surface area (Å²) >= 11 is 0. The van der Waals surface area contributed by atoms with Gasteiger partial charge in [-0.3, -0.25) is 9.59 Å². The Morgan fingerprint density at radius 2 is 1.88 bits per heavy atom. The summed E-state index contributed by atoms with van der Waals surface area (Å²) in [6, 6.07) is 9.64. The van der Waals surface area contributed by atoms with Crippen LogP contribution in [0, 0.1) is 0 Å². The summed E-state index contributed by atoms with van der Waals surface area (Å²) in [6.45, 7) is 3.10. The molecule has 0 aliphatic carbocycles. The molecule has 0 bridgehead atoms. The molecule has 0 unspecified atom stereocenters. The number of amides is 2. The van der Waals surface area contributed by atoms with Gasteiger partial charge in [-0.25, -0.2) is 4.79 Å². The molecular weight excluding hydrogens is 312 g/mol. The van der Waals surface area contributed by atoms with Crippen molar-refractivity contribution in [2.75, 3.05) is 5.32 Å². The first-order valence-electron chi connectivity index (χ1n) is 7.34. The number of carbonyl (C=O) groups is 3. The van der Waals surface area contributed by atoms with Gasteiger partial charge in [0, 0.05) is 12.6 Å². The molecule has 2 amide bonds. The lowest BCUT2D eigenvalue weighted by molar-refractivity contribution is -0.129. The Balaban J connectivity index is 1.86. The van der Waals surface area contributed by atoms with Crippen molar-refractivity contribution >= 4 is 23.5 Å². The summed E-state index contributed by atoms with van der Waals surface area (Å²) in [5.74, 6) is -0.637. The average Bonchev–Trinajstić information content (AvgIpc) is 3.06. The Morgan fingerprint density at radius 3 is 2.46 bits per heavy atom. The van der Waals surface area contributed by atoms with Crippen molar-refractivity contribution in [3.05, 3.63) is 54.0 Å². The molecule has 2 rings (SSSR count). The van der Waals surface area contributed by atoms with Gasteiger partial charge in [-0.15, -0.1) is 0 Å². The van der Waals surface area contributed by atoms with Crippen LogP contribution in [0.4, 0.5) is 5.69 Å². The molecule has 2 N–H and O–H groups in total. The molecule has 24 heavy (non-hydrogen) atoms. The van der Waals surface area contributed by atoms with Gasteiger partial charge in [0.2, 0.25) is 5.91 Å². The van der Waals surface area contributed by atoms with Crippen molar-refractivity contribution < 1.29 is 23.5 Å². The fourth-order valence-electron chi connectivity index (χ4n) is 1.91. The Morgan fingerprint density at radius 1 is 1.17 bits per heavy atom. The number of rotatable bonds is 6. The molecule has 0 saturated carbocycles. The minimum Gasteiger partial charge on any atom is -0.467 e. The monoisotopic (exact) mass is 330 g/mol. The van der Waals surface area contributed by atoms with Crippen LogP contribution in [0.15, 0.2) is 47.1 Å². The third-order valence-corrected chi connectivity index (χ3v) is 3.11. The van der Waals surface area contributed by atoms with Gasteiger partial charge in [-0.05, 0) is 43.3 Å². The molecule has 0 fully saturated rings. The Kier molecular flexibility index (Phi) is 5.73. The zero-order valence-electron chi connectivity index (χ0n) is 13.4. The molecule has 7 heteroatoms. The second-order valence-electron chi connectivity index (χ2n) is 5.10. The maximum absolute atomic E-state index is 12.0. The summed E-state index contributed by atoms with van der Waals surface area (Å²) in [5.41, 5.74) is 0.859. The molecule has 2 aromatic rings. The zero-order valence-corrected chi connectivity index (χ0v) is 13.4. The van der Waals surface area contributed by atoms with Gasteiger partial charge in [0.25, 0.3) is 5.91 Å². The first-order valence-corrected chi connectivity index (χ1v) is 7.34. The SMILES string of the molecule is CC(=O)Nc1ccc(C(=O)O[C@H](C)C(=O)NCc2ccco2)cc1. The summed E-state index contributed by atoms with van der Waals surface area (Å²) in [6.07, 6.45) is 0.567. The number of esters is 1. The van der Waals surface area contributed by atoms with Crippen LogP contribution in [0.25, 0.3) is 0 Å². The molecule has 1 heterocycles. The number of hydrogen-bond acceptors (Lipinski definition) is 5. The third kappa shape index (κ3) is 4.98. The fourth-order valence-corrected chi connectivity index (χ4v) is 1.91. The lowest BCUT2D eigenvalue weighted by Crippen LogP contribution is -2.35. The highest BCUT2D eigenvalue weighted by atomic mass is 16.5. The van der Waals surface area contributed by atoms with E-state index in [9.17, 15) is 14.4 Å². The fraction of sp³-hybridized carbons (Fsp3) is 0.235. The van der Waals surface area contributed by atoms with Crippen LogP contribution in [-0.2, 0) is 20.9 Å². The molecule has 0 spiro atoms. The van der Waals surface area contributed by atoms with Crippen LogP contribution < -0.4 is 10.6 Å². The van der Waals surface area contributed by atoms with Crippen molar-refractivity contribution in [2.24, 2.45) is 0 Å². The van der Waals surface area contributed by atoms with E-state index in [-0.39, 0.29) is 18.0 Å². The highest BCUT2D eigenvalue weighted by Gasteiger charge is 2.19. The van der Waals surface area contributed by atoms with Gasteiger partial charge in [-0.2, -0.15) is 0 Å². The lowest BCUT2D eigenvalue weighted by Gasteiger charge is -2.13. The highest BCUT2D eigenvalue weighted by Crippen LogP contribution is 2.11. The molecule has 0 aliphatic heterocycles. The van der Waals surface area contributed by atoms with Crippen LogP contribution in [0.2, 0.25) is 0 Å². The van der Waals surface area contributed by atoms with Gasteiger partial charge in [0.1, 0.15) is 5.76 Å². The molecule has 0 saturated heterocycles. The minimum absolute atomic E-state index is 0.202. The van der Waals surface area contributed by atoms with Crippen LogP contribution in [0.1, 0.15) is 30.0 Å². The van der Waals surface area contributed by atoms with Crippen molar-refractivity contribution in [3.8, 4) is 0 Å². The normalized spacial score (nSPS) is 11.4. The van der Waals surface area contributed by atoms with E-state index in [2.05, 4.69) is 10.6 Å². The van der Waals surface area contributed by atoms with E-state index < -0.39 is 18.0 Å². The van der Waals surface area contributed by atoms with E-state index in [1.54, 1.807) is 24.3 Å². The highest BCUT2D eigenvalue weighted by molar-refractivity contribution is 5.93. The second kappa shape index (κ2) is 7.96. The average molecular weight is 330 g/mol. The molecule has 0 aliphatic rings. The van der Waals surface area contributed by atoms with Gasteiger partial charge < -0.3 is 19.8 Å². The minimum atomic E-state index is -0.942. The number of ether oxygens (including phenoxy) is 1. The maximum atomic E-state index is 12.0. The van der Waals surface area contributed by atoms with Crippen LogP contribution >= 0.6 is 0 Å². The standard InChI is InChI=1S/C17H18N2O5/c1-11(16(21)18-10-15-4-3-9-23-15)24-17(22)13-5-7-14(8-6-13)19-12(2)20/h3-9,11H,10H2,1-2H3,(H,18,21)(H,19,20)/t11-/m1/s1. The first kappa shape index (κ1) is 17.3. The van der Waals surface area contributed by atoms with E-state index >= 15 is 0 Å². The maximum Gasteiger partial charge on any atom is 0.338 e. The quantitative estimate of drug-likeness (QED) is 0.791. The Labute approximate surface area is 139 Å². The lowest BCUT2D eigenvalue weighted by atomic mass is 10.2. The topological polar surface area (TPSA) is 97.6 Å². The van der Waals surface area contributed by atoms with E-state index in [0.717, 1.165) is 0 Å². The zero-order chi connectivity index (χ0) is 17.5. The van der Waals surface area contributed by atoms with E-state index in [4.69, 9.17) is 9.15 Å². The number of nitrogens with one attached hydrogen (secondary N) is 2. The molecule has 1 aromatic carbocycles. The van der Waals surface area contributed by atoms with Crippen LogP contribution in [-0.4, -0.2) is 23.9 Å². The molecule has 1 aromatic heterocycles. The number of anilines is 1. The van der Waals surface area contributed by atoms with E-state index in [1.807, 2.05) is 0 Å². The Hall–Kier alpha value is -3.09. The third-order valence-electron chi connectivity index (χ3n) is 3.11. The number of furan rings is 1. The van der Waals surface area contributed by atoms with Gasteiger partial charge in [0.15, 0.2) is 6.10 Å². The molecule has 0 radical (unpaired) electrons. The van der Waals surface area contributed by atoms with Gasteiger partial charge in [-0.1, -0.05) is 0 Å². The summed E-state index contributed by atoms with van der Waals surface area (Å²) in [4.78, 5) is 34.9. The van der Waals surface area contributed by atoms with Crippen molar-refractivity contribution in [2.45, 2.75) is 26.5 Å². The second-order valence-corrected chi connectivity index (χ2v) is 5.10. The number of benzene rings is 1. The summed E-state index contributed by atoms with van der Waals surface area (Å²) in [5, 5.41) is 5.21. The first-order chi connectivity index (χ1) is 11.5. The molecular formula is C17H18N2O5. The van der Waals surface area contributed by atoms with Crippen molar-refractivity contribution in [1.29, 1.82) is 0 Å². The molecule has 126 valence electrons. The largest absolute Gasteiger partial charge is 0.467 e. The summed E-state index contributed by atoms with van der Waals surface area (Å²) in [7, 11) is 0. The van der Waals surface area contributed by atoms with Crippen molar-refractivity contribution in [1.82, 2.24) is 5.32 Å². The predicted octanol–water partition coefficient (Wildman–Crippen LogP) is 2.10. The van der Waals surface area contributed by atoms with Crippen molar-refractivity contribution in [3.63, 3.8) is 0 Å². The van der Waals surface area contributed by atoms with Crippen LogP contribution in [0.5, 0.6) is 0 Å².